The average molecular weight is 508 g/mol. The van der Waals surface area contributed by atoms with Crippen molar-refractivity contribution in [3.05, 3.63) is 0 Å². The third kappa shape index (κ3) is 6.90. The molecule has 0 N–H and O–H groups in total. The van der Waals surface area contributed by atoms with Crippen LogP contribution in [0.3, 0.4) is 0 Å². The van der Waals surface area contributed by atoms with Crippen LogP contribution in [-0.4, -0.2) is 2.43 Å². The summed E-state index contributed by atoms with van der Waals surface area (Å²) in [5.41, 5.74) is 0. The van der Waals surface area contributed by atoms with Crippen molar-refractivity contribution < 1.29 is 11.8 Å². The van der Waals surface area contributed by atoms with Gasteiger partial charge in [0.2, 0.25) is 0 Å². The Balaban J connectivity index is 3.17. The summed E-state index contributed by atoms with van der Waals surface area (Å²) in [7, 11) is 0. The molecule has 0 spiro atoms. The predicted molar refractivity (Wildman–Crippen MR) is 45.7 cm³/mol. The van der Waals surface area contributed by atoms with Gasteiger partial charge >= 0.3 is 74.9 Å². The van der Waals surface area contributed by atoms with E-state index in [2.05, 4.69) is 60.7 Å². The zero-order chi connectivity index (χ0) is 5.21. The van der Waals surface area contributed by atoms with E-state index < -0.39 is 11.8 Å². The van der Waals surface area contributed by atoms with Crippen molar-refractivity contribution in [2.45, 2.75) is 0 Å². The van der Waals surface area contributed by atoms with Crippen LogP contribution in [0, 0.1) is 0 Å². The molecule has 0 aliphatic rings. The molecule has 6 heavy (non-hydrogen) atoms. The maximum atomic E-state index is 3.48. The number of hydrogen-bond acceptors (Lipinski definition) is 0. The molecule has 0 heterocycles. The van der Waals surface area contributed by atoms with E-state index in [1.54, 1.807) is 0 Å². The molecule has 0 nitrogen and oxygen atoms in total. The summed E-state index contributed by atoms with van der Waals surface area (Å²) in [6, 6.07) is 0. The first-order chi connectivity index (χ1) is 2.56. The zero-order valence-corrected chi connectivity index (χ0v) is 11.7. The fourth-order valence-corrected chi connectivity index (χ4v) is 0. The Kier molecular flexibility index (Phi) is 5.69. The standard InChI is InChI=1S/CH2Br3I2/c2-6(3,4)1-5/h1H2/q-1. The Morgan fingerprint density at radius 3 is 1.50 bits per heavy atom. The molecular formula is CH2Br3I2-. The number of hydrogen-bond donors (Lipinski definition) is 0. The summed E-state index contributed by atoms with van der Waals surface area (Å²) >= 11 is 11.2. The first-order valence-electron chi connectivity index (χ1n) is 0.963. The number of alkyl halides is 2. The van der Waals surface area contributed by atoms with Crippen molar-refractivity contribution >= 4 is 60.7 Å². The quantitative estimate of drug-likeness (QED) is 0.358. The van der Waals surface area contributed by atoms with Crippen LogP contribution in [-0.2, 0) is 0 Å². The molecule has 0 aliphatic heterocycles. The van der Waals surface area contributed by atoms with Gasteiger partial charge < -0.3 is 0 Å². The molecule has 0 aromatic carbocycles. The molecule has 0 saturated carbocycles. The molecular weight excluding hydrogens is 506 g/mol. The predicted octanol–water partition coefficient (Wildman–Crippen LogP) is 0.469. The van der Waals surface area contributed by atoms with Crippen LogP contribution in [0.4, 0.5) is 0 Å². The van der Waals surface area contributed by atoms with Crippen LogP contribution >= 0.6 is 60.7 Å². The van der Waals surface area contributed by atoms with Crippen LogP contribution in [0.25, 0.3) is 0 Å². The van der Waals surface area contributed by atoms with Gasteiger partial charge in [0.15, 0.2) is 0 Å². The second-order valence-electron chi connectivity index (χ2n) is 0.566. The molecule has 0 aliphatic carbocycles. The maximum absolute atomic E-state index is 3.48. The summed E-state index contributed by atoms with van der Waals surface area (Å²) in [5.74, 6) is 0. The summed E-state index contributed by atoms with van der Waals surface area (Å²) in [6.07, 6.45) is 0. The first kappa shape index (κ1) is 8.90. The van der Waals surface area contributed by atoms with Gasteiger partial charge in [-0.3, -0.25) is 0 Å². The number of rotatable bonds is 1. The van der Waals surface area contributed by atoms with E-state index >= 15 is 0 Å². The van der Waals surface area contributed by atoms with Crippen LogP contribution in [0.2, 0.25) is 0 Å². The Bertz CT molecular complexity index is 38.5. The van der Waals surface area contributed by atoms with Gasteiger partial charge in [-0.05, 0) is 0 Å². The molecule has 0 saturated heterocycles. The molecule has 0 aromatic rings. The van der Waals surface area contributed by atoms with Crippen LogP contribution in [0.5, 0.6) is 0 Å². The fourth-order valence-electron chi connectivity index (χ4n) is 0. The van der Waals surface area contributed by atoms with Gasteiger partial charge in [0.25, 0.3) is 0 Å². The normalized spacial score (nSPS) is 14.7. The first-order valence-corrected chi connectivity index (χ1v) is 18.5. The van der Waals surface area contributed by atoms with E-state index in [0.717, 1.165) is 0 Å². The average Bonchev–Trinajstić information content (AvgIpc) is 1.35. The molecule has 0 amide bonds. The van der Waals surface area contributed by atoms with Gasteiger partial charge in [-0.2, -0.15) is 0 Å². The molecule has 0 aromatic heterocycles. The molecule has 0 fully saturated rings. The Morgan fingerprint density at radius 2 is 1.50 bits per heavy atom. The molecule has 0 bridgehead atoms. The summed E-state index contributed by atoms with van der Waals surface area (Å²) < 4.78 is 1.17. The molecule has 42 valence electrons. The van der Waals surface area contributed by atoms with E-state index in [4.69, 9.17) is 0 Å². The second-order valence-corrected chi connectivity index (χ2v) is 44.4. The molecule has 5 heteroatoms. The van der Waals surface area contributed by atoms with Crippen LogP contribution < -0.4 is 11.8 Å². The van der Waals surface area contributed by atoms with Gasteiger partial charge in [0.1, 0.15) is 0 Å². The topological polar surface area (TPSA) is 0 Å². The Morgan fingerprint density at radius 1 is 1.33 bits per heavy atom. The van der Waals surface area contributed by atoms with Crippen molar-refractivity contribution in [2.75, 3.05) is 2.43 Å². The summed E-state index contributed by atoms with van der Waals surface area (Å²) in [6.45, 7) is 0. The third-order valence-corrected chi connectivity index (χ3v) is 26.8. The molecule has 0 rings (SSSR count). The van der Waals surface area contributed by atoms with Crippen molar-refractivity contribution in [1.82, 2.24) is 0 Å². The third-order valence-electron chi connectivity index (χ3n) is 0.115. The van der Waals surface area contributed by atoms with Crippen molar-refractivity contribution in [3.8, 4) is 0 Å². The van der Waals surface area contributed by atoms with Crippen molar-refractivity contribution in [2.24, 2.45) is 0 Å². The van der Waals surface area contributed by atoms with Gasteiger partial charge in [-0.1, -0.05) is 0 Å². The van der Waals surface area contributed by atoms with Crippen molar-refractivity contribution in [3.63, 3.8) is 0 Å². The summed E-state index contributed by atoms with van der Waals surface area (Å²) in [4.78, 5) is 0. The Hall–Kier alpha value is 2.90. The minimum absolute atomic E-state index is 1.17. The van der Waals surface area contributed by atoms with Gasteiger partial charge in [-0.25, -0.2) is 0 Å². The minimum atomic E-state index is -1.55. The van der Waals surface area contributed by atoms with Gasteiger partial charge in [0.05, 0.1) is 0 Å². The SMILES string of the molecule is Br[I-](Br)(Br)CI. The van der Waals surface area contributed by atoms with E-state index in [1.807, 2.05) is 0 Å². The van der Waals surface area contributed by atoms with E-state index in [0.29, 0.717) is 0 Å². The van der Waals surface area contributed by atoms with Gasteiger partial charge in [-0.15, -0.1) is 0 Å². The molecule has 0 radical (unpaired) electrons. The fraction of sp³-hybridized carbons (Fsp3) is 1.00. The van der Waals surface area contributed by atoms with E-state index in [-0.39, 0.29) is 0 Å². The summed E-state index contributed by atoms with van der Waals surface area (Å²) in [5, 5.41) is 0. The molecule has 0 unspecified atom stereocenters. The van der Waals surface area contributed by atoms with E-state index in [9.17, 15) is 0 Å². The number of halogens is 5. The zero-order valence-electron chi connectivity index (χ0n) is 2.60. The van der Waals surface area contributed by atoms with Crippen LogP contribution in [0.1, 0.15) is 0 Å². The van der Waals surface area contributed by atoms with Crippen molar-refractivity contribution in [1.29, 1.82) is 0 Å². The Labute approximate surface area is 73.1 Å². The van der Waals surface area contributed by atoms with Crippen LogP contribution in [0.15, 0.2) is 0 Å². The second kappa shape index (κ2) is 3.84. The van der Waals surface area contributed by atoms with Gasteiger partial charge in [0, 0.05) is 0 Å². The molecule has 0 atom stereocenters. The monoisotopic (exact) mass is 505 g/mol. The van der Waals surface area contributed by atoms with E-state index in [1.165, 1.54) is 2.43 Å².